The van der Waals surface area contributed by atoms with Crippen molar-refractivity contribution >= 4 is 21.8 Å². The number of nitrogens with zero attached hydrogens (tertiary/aromatic N) is 1. The highest BCUT2D eigenvalue weighted by Crippen LogP contribution is 2.21. The molecule has 2 N–H and O–H groups in total. The van der Waals surface area contributed by atoms with Gasteiger partial charge in [0.05, 0.1) is 4.90 Å². The number of halogens is 1. The Hall–Kier alpha value is -2.00. The van der Waals surface area contributed by atoms with E-state index in [1.807, 2.05) is 0 Å². The van der Waals surface area contributed by atoms with Gasteiger partial charge in [0.25, 0.3) is 5.91 Å². The van der Waals surface area contributed by atoms with E-state index in [9.17, 15) is 22.4 Å². The third-order valence-corrected chi connectivity index (χ3v) is 5.74. The predicted molar refractivity (Wildman–Crippen MR) is 85.7 cm³/mol. The second kappa shape index (κ2) is 7.71. The average molecular weight is 357 g/mol. The molecule has 0 radical (unpaired) electrons. The molecule has 1 atom stereocenters. The monoisotopic (exact) mass is 357 g/mol. The van der Waals surface area contributed by atoms with Crippen LogP contribution in [0.15, 0.2) is 29.2 Å². The second-order valence-corrected chi connectivity index (χ2v) is 7.38. The minimum Gasteiger partial charge on any atom is -0.354 e. The van der Waals surface area contributed by atoms with Crippen LogP contribution < -0.4 is 10.6 Å². The van der Waals surface area contributed by atoms with Gasteiger partial charge in [-0.1, -0.05) is 6.07 Å². The van der Waals surface area contributed by atoms with Crippen LogP contribution in [0.1, 0.15) is 23.7 Å². The van der Waals surface area contributed by atoms with Gasteiger partial charge in [-0.15, -0.1) is 0 Å². The Balaban J connectivity index is 2.28. The molecule has 0 aliphatic carbocycles. The first-order valence-corrected chi connectivity index (χ1v) is 9.03. The van der Waals surface area contributed by atoms with E-state index in [0.717, 1.165) is 0 Å². The summed E-state index contributed by atoms with van der Waals surface area (Å²) in [6.07, 6.45) is 0.0836. The van der Waals surface area contributed by atoms with Gasteiger partial charge < -0.3 is 10.6 Å². The molecule has 0 saturated carbocycles. The molecule has 1 aromatic carbocycles. The van der Waals surface area contributed by atoms with Gasteiger partial charge >= 0.3 is 0 Å². The number of benzene rings is 1. The van der Waals surface area contributed by atoms with Crippen molar-refractivity contribution in [2.24, 2.45) is 0 Å². The number of carbonyl (C=O) groups excluding carboxylic acids is 2. The standard InChI is InChI=1S/C15H20FN3O4S/c1-11-10-18-14(20)5-8-19(11)24(22,23)13-4-2-3-12(9-13)15(21)17-7-6-16/h2-4,9,11H,5-8,10H2,1H3,(H,17,21)(H,18,20). The average Bonchev–Trinajstić information content (AvgIpc) is 2.74. The number of carbonyl (C=O) groups is 2. The number of sulfonamides is 1. The molecule has 24 heavy (non-hydrogen) atoms. The molecule has 1 unspecified atom stereocenters. The van der Waals surface area contributed by atoms with E-state index in [2.05, 4.69) is 10.6 Å². The number of amides is 2. The number of alkyl halides is 1. The molecule has 9 heteroatoms. The fraction of sp³-hybridized carbons (Fsp3) is 0.467. The van der Waals surface area contributed by atoms with Gasteiger partial charge in [0.15, 0.2) is 0 Å². The SMILES string of the molecule is CC1CNC(=O)CCN1S(=O)(=O)c1cccc(C(=O)NCCF)c1. The molecule has 1 aliphatic heterocycles. The van der Waals surface area contributed by atoms with Crippen LogP contribution in [0.2, 0.25) is 0 Å². The summed E-state index contributed by atoms with van der Waals surface area (Å²) in [7, 11) is -3.85. The zero-order chi connectivity index (χ0) is 17.7. The molecule has 1 fully saturated rings. The fourth-order valence-electron chi connectivity index (χ4n) is 2.44. The van der Waals surface area contributed by atoms with Gasteiger partial charge in [0.1, 0.15) is 6.67 Å². The minimum absolute atomic E-state index is 0.0309. The number of hydrogen-bond acceptors (Lipinski definition) is 4. The maximum atomic E-state index is 12.8. The maximum Gasteiger partial charge on any atom is 0.251 e. The molecule has 2 rings (SSSR count). The fourth-order valence-corrected chi connectivity index (χ4v) is 4.11. The van der Waals surface area contributed by atoms with Crippen LogP contribution in [-0.2, 0) is 14.8 Å². The molecule has 2 amide bonds. The van der Waals surface area contributed by atoms with Crippen LogP contribution in [0.4, 0.5) is 4.39 Å². The number of hydrogen-bond donors (Lipinski definition) is 2. The Morgan fingerprint density at radius 1 is 1.46 bits per heavy atom. The van der Waals surface area contributed by atoms with Crippen molar-refractivity contribution in [3.8, 4) is 0 Å². The first-order chi connectivity index (χ1) is 11.4. The number of nitrogens with one attached hydrogen (secondary N) is 2. The van der Waals surface area contributed by atoms with E-state index in [-0.39, 0.29) is 42.4 Å². The lowest BCUT2D eigenvalue weighted by molar-refractivity contribution is -0.120. The van der Waals surface area contributed by atoms with E-state index in [1.54, 1.807) is 6.92 Å². The Labute approximate surface area is 140 Å². The normalized spacial score (nSPS) is 19.4. The Kier molecular flexibility index (Phi) is 5.89. The highest BCUT2D eigenvalue weighted by atomic mass is 32.2. The molecule has 0 bridgehead atoms. The van der Waals surface area contributed by atoms with Crippen LogP contribution >= 0.6 is 0 Å². The molecule has 1 heterocycles. The van der Waals surface area contributed by atoms with Crippen LogP contribution in [0.5, 0.6) is 0 Å². The lowest BCUT2D eigenvalue weighted by atomic mass is 10.2. The maximum absolute atomic E-state index is 12.8. The van der Waals surface area contributed by atoms with Crippen molar-refractivity contribution in [3.63, 3.8) is 0 Å². The molecule has 0 aromatic heterocycles. The van der Waals surface area contributed by atoms with E-state index in [0.29, 0.717) is 0 Å². The summed E-state index contributed by atoms with van der Waals surface area (Å²) in [5.41, 5.74) is 0.140. The lowest BCUT2D eigenvalue weighted by Crippen LogP contribution is -2.41. The summed E-state index contributed by atoms with van der Waals surface area (Å²) in [5.74, 6) is -0.732. The summed E-state index contributed by atoms with van der Waals surface area (Å²) >= 11 is 0. The van der Waals surface area contributed by atoms with Crippen molar-refractivity contribution in [2.45, 2.75) is 24.3 Å². The third kappa shape index (κ3) is 4.09. The summed E-state index contributed by atoms with van der Waals surface area (Å²) in [6.45, 7) is 1.19. The molecule has 7 nitrogen and oxygen atoms in total. The Morgan fingerprint density at radius 2 is 2.21 bits per heavy atom. The van der Waals surface area contributed by atoms with Crippen molar-refractivity contribution in [1.29, 1.82) is 0 Å². The summed E-state index contributed by atoms with van der Waals surface area (Å²) in [6, 6.07) is 5.18. The molecular formula is C15H20FN3O4S. The van der Waals surface area contributed by atoms with Gasteiger partial charge in [-0.2, -0.15) is 4.31 Å². The van der Waals surface area contributed by atoms with Crippen molar-refractivity contribution in [1.82, 2.24) is 14.9 Å². The zero-order valence-corrected chi connectivity index (χ0v) is 14.1. The van der Waals surface area contributed by atoms with Crippen molar-refractivity contribution in [2.75, 3.05) is 26.3 Å². The van der Waals surface area contributed by atoms with Crippen LogP contribution in [0.3, 0.4) is 0 Å². The quantitative estimate of drug-likeness (QED) is 0.791. The van der Waals surface area contributed by atoms with Gasteiger partial charge in [0.2, 0.25) is 15.9 Å². The topological polar surface area (TPSA) is 95.6 Å². The smallest absolute Gasteiger partial charge is 0.251 e. The second-order valence-electron chi connectivity index (χ2n) is 5.49. The van der Waals surface area contributed by atoms with Crippen molar-refractivity contribution in [3.05, 3.63) is 29.8 Å². The predicted octanol–water partition coefficient (Wildman–Crippen LogP) is 0.285. The highest BCUT2D eigenvalue weighted by molar-refractivity contribution is 7.89. The first-order valence-electron chi connectivity index (χ1n) is 7.59. The molecular weight excluding hydrogens is 337 g/mol. The van der Waals surface area contributed by atoms with Gasteiger partial charge in [0, 0.05) is 37.7 Å². The lowest BCUT2D eigenvalue weighted by Gasteiger charge is -2.25. The number of rotatable bonds is 5. The highest BCUT2D eigenvalue weighted by Gasteiger charge is 2.31. The molecule has 1 aliphatic rings. The summed E-state index contributed by atoms with van der Waals surface area (Å²) in [5, 5.41) is 5.01. The van der Waals surface area contributed by atoms with E-state index < -0.39 is 28.6 Å². The molecule has 0 spiro atoms. The summed E-state index contributed by atoms with van der Waals surface area (Å²) < 4.78 is 39.1. The van der Waals surface area contributed by atoms with Crippen LogP contribution in [-0.4, -0.2) is 56.9 Å². The molecule has 1 aromatic rings. The molecule has 132 valence electrons. The van der Waals surface area contributed by atoms with Gasteiger partial charge in [-0.3, -0.25) is 9.59 Å². The van der Waals surface area contributed by atoms with E-state index >= 15 is 0 Å². The van der Waals surface area contributed by atoms with E-state index in [4.69, 9.17) is 0 Å². The van der Waals surface area contributed by atoms with E-state index in [1.165, 1.54) is 28.6 Å². The summed E-state index contributed by atoms with van der Waals surface area (Å²) in [4.78, 5) is 23.3. The third-order valence-electron chi connectivity index (χ3n) is 3.73. The Morgan fingerprint density at radius 3 is 2.92 bits per heavy atom. The first kappa shape index (κ1) is 18.3. The zero-order valence-electron chi connectivity index (χ0n) is 13.3. The van der Waals surface area contributed by atoms with Gasteiger partial charge in [-0.05, 0) is 25.1 Å². The van der Waals surface area contributed by atoms with Gasteiger partial charge in [-0.25, -0.2) is 12.8 Å². The molecule has 1 saturated heterocycles. The van der Waals surface area contributed by atoms with Crippen LogP contribution in [0, 0.1) is 0 Å². The van der Waals surface area contributed by atoms with Crippen LogP contribution in [0.25, 0.3) is 0 Å². The van der Waals surface area contributed by atoms with Crippen molar-refractivity contribution < 1.29 is 22.4 Å². The minimum atomic E-state index is -3.85. The Bertz CT molecular complexity index is 723. The largest absolute Gasteiger partial charge is 0.354 e.